The molecule has 3 nitrogen and oxygen atoms in total. The Bertz CT molecular complexity index is 1560. The Morgan fingerprint density at radius 1 is 0.643 bits per heavy atom. The number of hydrogen-bond acceptors (Lipinski definition) is 3. The molecule has 0 heterocycles. The lowest BCUT2D eigenvalue weighted by Gasteiger charge is -2.43. The van der Waals surface area contributed by atoms with Crippen molar-refractivity contribution in [2.24, 2.45) is 0 Å². The zero-order valence-electron chi connectivity index (χ0n) is 25.2. The van der Waals surface area contributed by atoms with E-state index in [-0.39, 0.29) is 10.8 Å². The molecule has 0 unspecified atom stereocenters. The number of ether oxygens (including phenoxy) is 1. The fraction of sp³-hybridized carbons (Fsp3) is 0.211. The zero-order valence-corrected chi connectivity index (χ0v) is 26.2. The Labute approximate surface area is 251 Å². The second-order valence-electron chi connectivity index (χ2n) is 12.0. The summed E-state index contributed by atoms with van der Waals surface area (Å²) >= 11 is 0. The number of benzene rings is 5. The van der Waals surface area contributed by atoms with Crippen LogP contribution in [0.2, 0.25) is 5.04 Å². The summed E-state index contributed by atoms with van der Waals surface area (Å²) in [4.78, 5) is 0. The van der Waals surface area contributed by atoms with E-state index in [0.29, 0.717) is 18.8 Å². The van der Waals surface area contributed by atoms with Gasteiger partial charge >= 0.3 is 8.32 Å². The van der Waals surface area contributed by atoms with Crippen LogP contribution in [-0.4, -0.2) is 13.4 Å². The van der Waals surface area contributed by atoms with Gasteiger partial charge < -0.3 is 14.3 Å². The first-order chi connectivity index (χ1) is 20.2. The summed E-state index contributed by atoms with van der Waals surface area (Å²) in [6.07, 6.45) is 0.627. The van der Waals surface area contributed by atoms with E-state index < -0.39 is 8.32 Å². The Balaban J connectivity index is 1.42. The average Bonchev–Trinajstić information content (AvgIpc) is 2.98. The highest BCUT2D eigenvalue weighted by Crippen LogP contribution is 2.38. The van der Waals surface area contributed by atoms with Gasteiger partial charge in [-0.3, -0.25) is 0 Å². The van der Waals surface area contributed by atoms with Crippen molar-refractivity contribution in [3.8, 4) is 17.2 Å². The molecule has 0 radical (unpaired) electrons. The summed E-state index contributed by atoms with van der Waals surface area (Å²) < 4.78 is 13.2. The largest absolute Gasteiger partial charge is 0.534 e. The fourth-order valence-electron chi connectivity index (χ4n) is 5.77. The first-order valence-corrected chi connectivity index (χ1v) is 16.5. The Hall–Kier alpha value is -4.28. The van der Waals surface area contributed by atoms with Crippen LogP contribution >= 0.6 is 0 Å². The highest BCUT2D eigenvalue weighted by Gasteiger charge is 2.52. The van der Waals surface area contributed by atoms with Gasteiger partial charge in [0.05, 0.1) is 0 Å². The van der Waals surface area contributed by atoms with Gasteiger partial charge in [0.2, 0.25) is 0 Å². The molecule has 0 aliphatic heterocycles. The van der Waals surface area contributed by atoms with E-state index >= 15 is 0 Å². The highest BCUT2D eigenvalue weighted by atomic mass is 28.4. The van der Waals surface area contributed by atoms with E-state index in [9.17, 15) is 5.11 Å². The molecule has 0 saturated carbocycles. The van der Waals surface area contributed by atoms with Gasteiger partial charge in [0.1, 0.15) is 23.9 Å². The van der Waals surface area contributed by atoms with Crippen molar-refractivity contribution in [2.75, 3.05) is 0 Å². The van der Waals surface area contributed by atoms with E-state index in [1.807, 2.05) is 43.3 Å². The first-order valence-electron chi connectivity index (χ1n) is 14.6. The third-order valence-electron chi connectivity index (χ3n) is 8.04. The third-order valence-corrected chi connectivity index (χ3v) is 13.0. The van der Waals surface area contributed by atoms with Crippen LogP contribution in [0.4, 0.5) is 0 Å². The molecule has 214 valence electrons. The molecule has 5 aromatic rings. The summed E-state index contributed by atoms with van der Waals surface area (Å²) in [5.41, 5.74) is 5.29. The van der Waals surface area contributed by atoms with E-state index in [1.165, 1.54) is 10.4 Å². The summed E-state index contributed by atoms with van der Waals surface area (Å²) in [6.45, 7) is 11.5. The Morgan fingerprint density at radius 2 is 1.19 bits per heavy atom. The SMILES string of the molecule is Cc1cc(O[Si](c2ccccc2)(c2ccccc2)C(C)(C)C)ccc1Cc1c(C)cc(OCc2ccccc2)cc1O. The molecule has 1 N–H and O–H groups in total. The maximum atomic E-state index is 11.0. The highest BCUT2D eigenvalue weighted by molar-refractivity contribution is 7.00. The molecular formula is C38H40O3Si. The lowest BCUT2D eigenvalue weighted by Crippen LogP contribution is -2.68. The molecule has 0 aliphatic rings. The van der Waals surface area contributed by atoms with Gasteiger partial charge in [-0.1, -0.05) is 118 Å². The van der Waals surface area contributed by atoms with Gasteiger partial charge in [0.25, 0.3) is 0 Å². The van der Waals surface area contributed by atoms with Gasteiger partial charge in [0.15, 0.2) is 0 Å². The molecule has 0 fully saturated rings. The molecule has 0 saturated heterocycles. The van der Waals surface area contributed by atoms with Crippen molar-refractivity contribution in [2.45, 2.75) is 52.7 Å². The number of aromatic hydroxyl groups is 1. The second-order valence-corrected chi connectivity index (χ2v) is 16.3. The zero-order chi connectivity index (χ0) is 29.7. The number of phenolic OH excluding ortho intramolecular Hbond substituents is 1. The van der Waals surface area contributed by atoms with Crippen molar-refractivity contribution in [3.63, 3.8) is 0 Å². The molecule has 0 spiro atoms. The summed E-state index contributed by atoms with van der Waals surface area (Å²) in [7, 11) is -2.72. The number of phenols is 1. The molecule has 0 atom stereocenters. The van der Waals surface area contributed by atoms with Crippen molar-refractivity contribution in [3.05, 3.63) is 149 Å². The van der Waals surface area contributed by atoms with Gasteiger partial charge in [0, 0.05) is 18.1 Å². The van der Waals surface area contributed by atoms with Gasteiger partial charge in [-0.25, -0.2) is 0 Å². The normalized spacial score (nSPS) is 11.7. The third kappa shape index (κ3) is 6.14. The number of hydrogen-bond donors (Lipinski definition) is 1. The lowest BCUT2D eigenvalue weighted by molar-refractivity contribution is 0.304. The molecule has 42 heavy (non-hydrogen) atoms. The standard InChI is InChI=1S/C38H40O3Si/c1-28-23-32(41-42(38(3,4)5,34-17-11-7-12-18-34)35-19-13-8-14-20-35)22-21-31(28)25-36-29(2)24-33(26-37(36)39)40-27-30-15-9-6-10-16-30/h6-24,26,39H,25,27H2,1-5H3. The maximum absolute atomic E-state index is 11.0. The van der Waals surface area contributed by atoms with Crippen LogP contribution < -0.4 is 19.5 Å². The predicted octanol–water partition coefficient (Wildman–Crippen LogP) is 8.12. The van der Waals surface area contributed by atoms with Crippen LogP contribution in [0.1, 0.15) is 48.6 Å². The summed E-state index contributed by atoms with van der Waals surface area (Å²) in [5.74, 6) is 1.80. The summed E-state index contributed by atoms with van der Waals surface area (Å²) in [6, 6.07) is 41.6. The number of aryl methyl sites for hydroxylation is 2. The van der Waals surface area contributed by atoms with Crippen molar-refractivity contribution < 1.29 is 14.3 Å². The molecule has 0 aromatic heterocycles. The van der Waals surface area contributed by atoms with Crippen LogP contribution in [0.15, 0.2) is 121 Å². The molecule has 5 rings (SSSR count). The summed E-state index contributed by atoms with van der Waals surface area (Å²) in [5, 5.41) is 13.4. The van der Waals surface area contributed by atoms with E-state index in [1.54, 1.807) is 6.07 Å². The van der Waals surface area contributed by atoms with Crippen molar-refractivity contribution in [1.29, 1.82) is 0 Å². The molecule has 4 heteroatoms. The van der Waals surface area contributed by atoms with Gasteiger partial charge in [-0.15, -0.1) is 0 Å². The fourth-order valence-corrected chi connectivity index (χ4v) is 10.2. The van der Waals surface area contributed by atoms with Crippen LogP contribution in [0.25, 0.3) is 0 Å². The van der Waals surface area contributed by atoms with Crippen LogP contribution in [0, 0.1) is 13.8 Å². The van der Waals surface area contributed by atoms with Crippen LogP contribution in [0.3, 0.4) is 0 Å². The molecule has 0 amide bonds. The van der Waals surface area contributed by atoms with Gasteiger partial charge in [-0.05, 0) is 69.7 Å². The van der Waals surface area contributed by atoms with E-state index in [4.69, 9.17) is 9.16 Å². The topological polar surface area (TPSA) is 38.7 Å². The van der Waals surface area contributed by atoms with Crippen LogP contribution in [-0.2, 0) is 13.0 Å². The quantitative estimate of drug-likeness (QED) is 0.181. The minimum Gasteiger partial charge on any atom is -0.534 e. The second kappa shape index (κ2) is 12.3. The number of rotatable bonds is 9. The smallest absolute Gasteiger partial charge is 0.319 e. The van der Waals surface area contributed by atoms with E-state index in [0.717, 1.165) is 33.6 Å². The van der Waals surface area contributed by atoms with Crippen LogP contribution in [0.5, 0.6) is 17.2 Å². The minimum atomic E-state index is -2.72. The molecular weight excluding hydrogens is 533 g/mol. The minimum absolute atomic E-state index is 0.116. The molecule has 5 aromatic carbocycles. The lowest BCUT2D eigenvalue weighted by atomic mass is 9.96. The monoisotopic (exact) mass is 572 g/mol. The Morgan fingerprint density at radius 3 is 1.71 bits per heavy atom. The molecule has 0 bridgehead atoms. The predicted molar refractivity (Wildman–Crippen MR) is 176 cm³/mol. The van der Waals surface area contributed by atoms with Crippen molar-refractivity contribution >= 4 is 18.7 Å². The van der Waals surface area contributed by atoms with Crippen molar-refractivity contribution in [1.82, 2.24) is 0 Å². The first kappa shape index (κ1) is 29.2. The molecule has 0 aliphatic carbocycles. The average molecular weight is 573 g/mol. The Kier molecular flexibility index (Phi) is 8.55. The van der Waals surface area contributed by atoms with Gasteiger partial charge in [-0.2, -0.15) is 0 Å². The van der Waals surface area contributed by atoms with E-state index in [2.05, 4.69) is 107 Å². The maximum Gasteiger partial charge on any atom is 0.319 e.